The molecule has 0 unspecified atom stereocenters. The Morgan fingerprint density at radius 3 is 2.27 bits per heavy atom. The third kappa shape index (κ3) is 3.39. The van der Waals surface area contributed by atoms with Crippen LogP contribution in [-0.2, 0) is 24.3 Å². The molecule has 1 fully saturated rings. The lowest BCUT2D eigenvalue weighted by molar-refractivity contribution is -0.149. The Morgan fingerprint density at radius 2 is 1.73 bits per heavy atom. The molecule has 2 heterocycles. The van der Waals surface area contributed by atoms with Crippen molar-refractivity contribution < 1.29 is 22.7 Å². The zero-order chi connectivity index (χ0) is 19.1. The van der Waals surface area contributed by atoms with E-state index in [-0.39, 0.29) is 37.4 Å². The van der Waals surface area contributed by atoms with Crippen molar-refractivity contribution in [1.82, 2.24) is 4.31 Å². The maximum atomic E-state index is 12.9. The van der Waals surface area contributed by atoms with Crippen molar-refractivity contribution in [3.63, 3.8) is 0 Å². The van der Waals surface area contributed by atoms with Crippen LogP contribution < -0.4 is 5.32 Å². The molecule has 1 aromatic rings. The average Bonchev–Trinajstić information content (AvgIpc) is 2.79. The molecule has 2 aliphatic rings. The van der Waals surface area contributed by atoms with Crippen LogP contribution in [0.5, 0.6) is 0 Å². The first-order valence-corrected chi connectivity index (χ1v) is 10.2. The second kappa shape index (κ2) is 6.51. The number of anilines is 1. The number of sulfonamides is 1. The summed E-state index contributed by atoms with van der Waals surface area (Å²) >= 11 is 0. The maximum absolute atomic E-state index is 12.9. The summed E-state index contributed by atoms with van der Waals surface area (Å²) in [6, 6.07) is 7.35. The van der Waals surface area contributed by atoms with Crippen LogP contribution in [0.4, 0.5) is 5.69 Å². The number of esters is 1. The number of carbonyl (C=O) groups excluding carboxylic acids is 2. The van der Waals surface area contributed by atoms with Crippen molar-refractivity contribution in [3.05, 3.63) is 41.0 Å². The lowest BCUT2D eigenvalue weighted by Gasteiger charge is -2.38. The first-order valence-electron chi connectivity index (χ1n) is 8.40. The molecule has 1 spiro atoms. The number of nitrogens with one attached hydrogen (secondary N) is 1. The summed E-state index contributed by atoms with van der Waals surface area (Å²) in [5.74, 6) is -0.906. The number of ether oxygens (including phenoxy) is 1. The largest absolute Gasteiger partial charge is 0.450 e. The predicted octanol–water partition coefficient (Wildman–Crippen LogP) is 1.60. The van der Waals surface area contributed by atoms with E-state index in [0.717, 1.165) is 11.8 Å². The molecular weight excluding hydrogens is 356 g/mol. The maximum Gasteiger partial charge on any atom is 0.335 e. The Balaban J connectivity index is 1.85. The topological polar surface area (TPSA) is 92.8 Å². The van der Waals surface area contributed by atoms with E-state index in [0.29, 0.717) is 11.3 Å². The molecule has 3 rings (SSSR count). The first-order chi connectivity index (χ1) is 12.1. The highest BCUT2D eigenvalue weighted by Gasteiger charge is 2.51. The molecule has 26 heavy (non-hydrogen) atoms. The highest BCUT2D eigenvalue weighted by molar-refractivity contribution is 7.88. The van der Waals surface area contributed by atoms with E-state index in [1.807, 2.05) is 19.1 Å². The first kappa shape index (κ1) is 18.6. The summed E-state index contributed by atoms with van der Waals surface area (Å²) in [6.07, 6.45) is 1.68. The van der Waals surface area contributed by atoms with Gasteiger partial charge >= 0.3 is 5.97 Å². The second-order valence-electron chi connectivity index (χ2n) is 6.87. The van der Waals surface area contributed by atoms with Crippen LogP contribution in [0.25, 0.3) is 0 Å². The molecule has 1 amide bonds. The van der Waals surface area contributed by atoms with Crippen molar-refractivity contribution in [2.24, 2.45) is 0 Å². The highest BCUT2D eigenvalue weighted by Crippen LogP contribution is 2.41. The normalized spacial score (nSPS) is 20.3. The molecule has 1 N–H and O–H groups in total. The van der Waals surface area contributed by atoms with Gasteiger partial charge in [0.25, 0.3) is 5.91 Å². The van der Waals surface area contributed by atoms with Crippen LogP contribution in [-0.4, -0.2) is 49.5 Å². The van der Waals surface area contributed by atoms with E-state index < -0.39 is 21.6 Å². The van der Waals surface area contributed by atoms with Gasteiger partial charge in [0, 0.05) is 37.2 Å². The molecule has 0 radical (unpaired) electrons. The summed E-state index contributed by atoms with van der Waals surface area (Å²) < 4.78 is 30.4. The SMILES string of the molecule is CC1=C(C(=O)Nc2ccc(C)cc2)C2(CCN(S(C)(=O)=O)CC2)OC1=O. The quantitative estimate of drug-likeness (QED) is 0.807. The zero-order valence-electron chi connectivity index (χ0n) is 15.0. The predicted molar refractivity (Wildman–Crippen MR) is 97.0 cm³/mol. The van der Waals surface area contributed by atoms with Crippen molar-refractivity contribution >= 4 is 27.6 Å². The van der Waals surface area contributed by atoms with Gasteiger partial charge in [-0.25, -0.2) is 17.5 Å². The molecule has 0 aromatic heterocycles. The van der Waals surface area contributed by atoms with E-state index in [9.17, 15) is 18.0 Å². The van der Waals surface area contributed by atoms with E-state index in [4.69, 9.17) is 4.74 Å². The fraction of sp³-hybridized carbons (Fsp3) is 0.444. The van der Waals surface area contributed by atoms with Crippen molar-refractivity contribution in [2.45, 2.75) is 32.3 Å². The van der Waals surface area contributed by atoms with Gasteiger partial charge in [-0.05, 0) is 26.0 Å². The minimum absolute atomic E-state index is 0.209. The van der Waals surface area contributed by atoms with Crippen LogP contribution in [0, 0.1) is 6.92 Å². The molecule has 0 aliphatic carbocycles. The van der Waals surface area contributed by atoms with Gasteiger partial charge in [0.1, 0.15) is 5.60 Å². The number of nitrogens with zero attached hydrogens (tertiary/aromatic N) is 1. The van der Waals surface area contributed by atoms with E-state index in [1.165, 1.54) is 4.31 Å². The van der Waals surface area contributed by atoms with Crippen LogP contribution in [0.2, 0.25) is 0 Å². The molecule has 7 nitrogen and oxygen atoms in total. The fourth-order valence-electron chi connectivity index (χ4n) is 3.49. The number of piperidine rings is 1. The molecule has 1 saturated heterocycles. The Hall–Kier alpha value is -2.19. The van der Waals surface area contributed by atoms with Gasteiger partial charge in [-0.1, -0.05) is 17.7 Å². The highest BCUT2D eigenvalue weighted by atomic mass is 32.2. The van der Waals surface area contributed by atoms with Crippen molar-refractivity contribution in [3.8, 4) is 0 Å². The standard InChI is InChI=1S/C18H22N2O5S/c1-12-4-6-14(7-5-12)19-16(21)15-13(2)17(22)25-18(15)8-10-20(11-9-18)26(3,23)24/h4-7H,8-11H2,1-3H3,(H,19,21). The molecule has 2 aliphatic heterocycles. The smallest absolute Gasteiger partial charge is 0.335 e. The average molecular weight is 378 g/mol. The third-order valence-electron chi connectivity index (χ3n) is 4.96. The third-order valence-corrected chi connectivity index (χ3v) is 6.26. The number of benzene rings is 1. The molecular formula is C18H22N2O5S. The summed E-state index contributed by atoms with van der Waals surface area (Å²) in [7, 11) is -3.31. The second-order valence-corrected chi connectivity index (χ2v) is 8.85. The number of hydrogen-bond acceptors (Lipinski definition) is 5. The van der Waals surface area contributed by atoms with Crippen LogP contribution >= 0.6 is 0 Å². The summed E-state index contributed by atoms with van der Waals surface area (Å²) in [5, 5.41) is 2.81. The zero-order valence-corrected chi connectivity index (χ0v) is 15.9. The van der Waals surface area contributed by atoms with Crippen LogP contribution in [0.3, 0.4) is 0 Å². The Morgan fingerprint density at radius 1 is 1.15 bits per heavy atom. The number of carbonyl (C=O) groups is 2. The summed E-state index contributed by atoms with van der Waals surface area (Å²) in [5.41, 5.74) is 1.22. The van der Waals surface area contributed by atoms with Crippen LogP contribution in [0.1, 0.15) is 25.3 Å². The van der Waals surface area contributed by atoms with E-state index in [1.54, 1.807) is 19.1 Å². The molecule has 1 aromatic carbocycles. The minimum atomic E-state index is -3.31. The van der Waals surface area contributed by atoms with Crippen LogP contribution in [0.15, 0.2) is 35.4 Å². The molecule has 0 saturated carbocycles. The molecule has 0 bridgehead atoms. The summed E-state index contributed by atoms with van der Waals surface area (Å²) in [4.78, 5) is 25.0. The van der Waals surface area contributed by atoms with Gasteiger partial charge in [0.05, 0.1) is 11.8 Å². The number of rotatable bonds is 3. The van der Waals surface area contributed by atoms with Gasteiger partial charge in [-0.15, -0.1) is 0 Å². The minimum Gasteiger partial charge on any atom is -0.450 e. The van der Waals surface area contributed by atoms with E-state index >= 15 is 0 Å². The molecule has 8 heteroatoms. The van der Waals surface area contributed by atoms with Gasteiger partial charge in [-0.3, -0.25) is 4.79 Å². The molecule has 0 atom stereocenters. The number of amides is 1. The van der Waals surface area contributed by atoms with Gasteiger partial charge in [0.15, 0.2) is 0 Å². The van der Waals surface area contributed by atoms with Crippen molar-refractivity contribution in [2.75, 3.05) is 24.7 Å². The fourth-order valence-corrected chi connectivity index (χ4v) is 4.33. The lowest BCUT2D eigenvalue weighted by Crippen LogP contribution is -2.49. The van der Waals surface area contributed by atoms with Crippen molar-refractivity contribution in [1.29, 1.82) is 0 Å². The van der Waals surface area contributed by atoms with Gasteiger partial charge in [0.2, 0.25) is 10.0 Å². The molecule has 140 valence electrons. The monoisotopic (exact) mass is 378 g/mol. The number of aryl methyl sites for hydroxylation is 1. The van der Waals surface area contributed by atoms with Gasteiger partial charge in [-0.2, -0.15) is 0 Å². The van der Waals surface area contributed by atoms with Gasteiger partial charge < -0.3 is 10.1 Å². The number of hydrogen-bond donors (Lipinski definition) is 1. The summed E-state index contributed by atoms with van der Waals surface area (Å²) in [6.45, 7) is 3.94. The Kier molecular flexibility index (Phi) is 4.66. The Labute approximate surface area is 153 Å². The van der Waals surface area contributed by atoms with E-state index in [2.05, 4.69) is 5.32 Å². The Bertz CT molecular complexity index is 879. The lowest BCUT2D eigenvalue weighted by atomic mass is 9.83.